The first-order valence-corrected chi connectivity index (χ1v) is 14.0. The first-order chi connectivity index (χ1) is 16.8. The van der Waals surface area contributed by atoms with Crippen LogP contribution in [0, 0.1) is 17.8 Å². The Bertz CT molecular complexity index is 809. The van der Waals surface area contributed by atoms with Gasteiger partial charge in [-0.15, -0.1) is 0 Å². The van der Waals surface area contributed by atoms with Crippen LogP contribution in [0.3, 0.4) is 0 Å². The van der Waals surface area contributed by atoms with E-state index in [1.165, 1.54) is 12.5 Å². The number of carbonyl (C=O) groups excluding carboxylic acids is 3. The fourth-order valence-electron chi connectivity index (χ4n) is 5.46. The Kier molecular flexibility index (Phi) is 15.4. The van der Waals surface area contributed by atoms with Gasteiger partial charge in [0.2, 0.25) is 0 Å². The summed E-state index contributed by atoms with van der Waals surface area (Å²) in [5.74, 6) is 0.867. The Hall–Kier alpha value is -2.03. The van der Waals surface area contributed by atoms with Crippen molar-refractivity contribution in [3.05, 3.63) is 47.1 Å². The van der Waals surface area contributed by atoms with Crippen molar-refractivity contribution in [3.8, 4) is 0 Å². The molecule has 0 spiro atoms. The number of carbonyl (C=O) groups is 3. The van der Waals surface area contributed by atoms with Gasteiger partial charge < -0.3 is 0 Å². The maximum atomic E-state index is 13.0. The third-order valence-corrected chi connectivity index (χ3v) is 7.30. The molecule has 0 saturated heterocycles. The van der Waals surface area contributed by atoms with Gasteiger partial charge in [0.15, 0.2) is 5.78 Å². The van der Waals surface area contributed by atoms with Crippen LogP contribution in [0.2, 0.25) is 0 Å². The van der Waals surface area contributed by atoms with Gasteiger partial charge >= 0.3 is 0 Å². The van der Waals surface area contributed by atoms with E-state index >= 15 is 0 Å². The van der Waals surface area contributed by atoms with E-state index in [9.17, 15) is 14.4 Å². The number of unbranched alkanes of at least 4 members (excludes halogenated alkanes) is 1. The molecule has 196 valence electrons. The van der Waals surface area contributed by atoms with Gasteiger partial charge in [-0.3, -0.25) is 14.4 Å². The Morgan fingerprint density at radius 2 is 1.71 bits per heavy atom. The summed E-state index contributed by atoms with van der Waals surface area (Å²) in [6.07, 6.45) is 21.4. The minimum absolute atomic E-state index is 0.0474. The average Bonchev–Trinajstić information content (AvgIpc) is 2.80. The first kappa shape index (κ1) is 31.0. The van der Waals surface area contributed by atoms with Crippen molar-refractivity contribution in [3.63, 3.8) is 0 Å². The quantitative estimate of drug-likeness (QED) is 0.0956. The normalized spacial score (nSPS) is 20.5. The SMILES string of the molecule is CCC=C(C=CCCC=CC(C)=C1CCC(CC(CCC)C(CC)C(=O)CC(C)=O)CC1=O)CC. The number of allylic oxidation sites excluding steroid dienone is 8. The van der Waals surface area contributed by atoms with Crippen molar-refractivity contribution in [2.75, 3.05) is 0 Å². The third-order valence-electron chi connectivity index (χ3n) is 7.30. The standard InChI is InChI=1S/C32H50O3/c1-7-15-26(9-3)18-14-12-11-13-17-24(5)30-20-19-27(23-32(30)35)22-28(16-8-2)29(10-4)31(34)21-25(6)33/h13-15,17-18,27-29H,7-12,16,19-23H2,1-6H3. The van der Waals surface area contributed by atoms with Gasteiger partial charge in [0.1, 0.15) is 11.6 Å². The van der Waals surface area contributed by atoms with Crippen LogP contribution in [0.1, 0.15) is 119 Å². The molecule has 3 nitrogen and oxygen atoms in total. The van der Waals surface area contributed by atoms with Crippen molar-refractivity contribution in [2.24, 2.45) is 17.8 Å². The summed E-state index contributed by atoms with van der Waals surface area (Å²) in [5, 5.41) is 0. The van der Waals surface area contributed by atoms with Crippen LogP contribution in [0.25, 0.3) is 0 Å². The van der Waals surface area contributed by atoms with Crippen molar-refractivity contribution >= 4 is 17.3 Å². The van der Waals surface area contributed by atoms with E-state index < -0.39 is 0 Å². The Morgan fingerprint density at radius 1 is 1.03 bits per heavy atom. The smallest absolute Gasteiger partial charge is 0.159 e. The molecule has 1 fully saturated rings. The van der Waals surface area contributed by atoms with Crippen LogP contribution in [-0.2, 0) is 14.4 Å². The lowest BCUT2D eigenvalue weighted by Gasteiger charge is -2.31. The van der Waals surface area contributed by atoms with Crippen molar-refractivity contribution < 1.29 is 14.4 Å². The van der Waals surface area contributed by atoms with Crippen molar-refractivity contribution in [2.45, 2.75) is 119 Å². The van der Waals surface area contributed by atoms with Gasteiger partial charge in [-0.2, -0.15) is 0 Å². The molecule has 1 saturated carbocycles. The van der Waals surface area contributed by atoms with E-state index in [0.29, 0.717) is 12.3 Å². The molecule has 1 rings (SSSR count). The molecule has 0 aromatic rings. The molecule has 1 aliphatic carbocycles. The zero-order valence-electron chi connectivity index (χ0n) is 23.3. The van der Waals surface area contributed by atoms with E-state index in [-0.39, 0.29) is 35.6 Å². The first-order valence-electron chi connectivity index (χ1n) is 14.0. The number of rotatable bonds is 16. The van der Waals surface area contributed by atoms with Crippen molar-refractivity contribution in [1.82, 2.24) is 0 Å². The van der Waals surface area contributed by atoms with Crippen LogP contribution in [0.4, 0.5) is 0 Å². The van der Waals surface area contributed by atoms with Gasteiger partial charge in [-0.25, -0.2) is 0 Å². The molecule has 0 aromatic heterocycles. The van der Waals surface area contributed by atoms with Gasteiger partial charge in [0.25, 0.3) is 0 Å². The lowest BCUT2D eigenvalue weighted by molar-refractivity contribution is -0.129. The van der Waals surface area contributed by atoms with Crippen LogP contribution in [-0.4, -0.2) is 17.3 Å². The highest BCUT2D eigenvalue weighted by Crippen LogP contribution is 2.36. The van der Waals surface area contributed by atoms with Crippen molar-refractivity contribution in [1.29, 1.82) is 0 Å². The summed E-state index contributed by atoms with van der Waals surface area (Å²) in [6.45, 7) is 12.1. The highest BCUT2D eigenvalue weighted by Gasteiger charge is 2.32. The highest BCUT2D eigenvalue weighted by atomic mass is 16.1. The van der Waals surface area contributed by atoms with Crippen LogP contribution < -0.4 is 0 Å². The molecule has 0 heterocycles. The molecular formula is C32H50O3. The topological polar surface area (TPSA) is 51.2 Å². The van der Waals surface area contributed by atoms with E-state index in [1.807, 2.05) is 6.92 Å². The number of hydrogen-bond donors (Lipinski definition) is 0. The van der Waals surface area contributed by atoms with Crippen LogP contribution in [0.15, 0.2) is 47.1 Å². The molecular weight excluding hydrogens is 432 g/mol. The summed E-state index contributed by atoms with van der Waals surface area (Å²) in [5.41, 5.74) is 3.48. The summed E-state index contributed by atoms with van der Waals surface area (Å²) in [6, 6.07) is 0. The number of Topliss-reactive ketones (excluding diaryl/α,β-unsaturated/α-hetero) is 3. The molecule has 0 radical (unpaired) electrons. The molecule has 3 unspecified atom stereocenters. The summed E-state index contributed by atoms with van der Waals surface area (Å²) < 4.78 is 0. The fraction of sp³-hybridized carbons (Fsp3) is 0.656. The molecule has 0 bridgehead atoms. The fourth-order valence-corrected chi connectivity index (χ4v) is 5.46. The minimum Gasteiger partial charge on any atom is -0.300 e. The van der Waals surface area contributed by atoms with E-state index in [2.05, 4.69) is 58.1 Å². The van der Waals surface area contributed by atoms with Crippen LogP contribution in [0.5, 0.6) is 0 Å². The second kappa shape index (κ2) is 17.4. The maximum absolute atomic E-state index is 13.0. The monoisotopic (exact) mass is 482 g/mol. The molecule has 35 heavy (non-hydrogen) atoms. The number of hydrogen-bond acceptors (Lipinski definition) is 3. The Balaban J connectivity index is 2.69. The Morgan fingerprint density at radius 3 is 2.26 bits per heavy atom. The molecule has 3 heteroatoms. The zero-order valence-corrected chi connectivity index (χ0v) is 23.3. The second-order valence-electron chi connectivity index (χ2n) is 10.3. The maximum Gasteiger partial charge on any atom is 0.159 e. The predicted molar refractivity (Wildman–Crippen MR) is 148 cm³/mol. The molecule has 0 N–H and O–H groups in total. The van der Waals surface area contributed by atoms with E-state index in [0.717, 1.165) is 75.4 Å². The lowest BCUT2D eigenvalue weighted by atomic mass is 9.72. The number of ketones is 3. The predicted octanol–water partition coefficient (Wildman–Crippen LogP) is 8.69. The van der Waals surface area contributed by atoms with Gasteiger partial charge in [0, 0.05) is 12.3 Å². The second-order valence-corrected chi connectivity index (χ2v) is 10.3. The molecule has 1 aliphatic rings. The molecule has 0 aromatic carbocycles. The zero-order chi connectivity index (χ0) is 26.2. The average molecular weight is 483 g/mol. The third kappa shape index (κ3) is 11.5. The lowest BCUT2D eigenvalue weighted by Crippen LogP contribution is -2.29. The van der Waals surface area contributed by atoms with Crippen LogP contribution >= 0.6 is 0 Å². The minimum atomic E-state index is -0.0597. The summed E-state index contributed by atoms with van der Waals surface area (Å²) in [7, 11) is 0. The van der Waals surface area contributed by atoms with Gasteiger partial charge in [-0.1, -0.05) is 76.5 Å². The summed E-state index contributed by atoms with van der Waals surface area (Å²) in [4.78, 5) is 37.2. The van der Waals surface area contributed by atoms with Gasteiger partial charge in [-0.05, 0) is 88.2 Å². The highest BCUT2D eigenvalue weighted by molar-refractivity contribution is 5.99. The van der Waals surface area contributed by atoms with Gasteiger partial charge in [0.05, 0.1) is 6.42 Å². The Labute approximate surface area is 215 Å². The molecule has 0 amide bonds. The van der Waals surface area contributed by atoms with E-state index in [4.69, 9.17) is 0 Å². The summed E-state index contributed by atoms with van der Waals surface area (Å²) >= 11 is 0. The molecule has 3 atom stereocenters. The molecule has 0 aliphatic heterocycles. The van der Waals surface area contributed by atoms with E-state index in [1.54, 1.807) is 0 Å². The largest absolute Gasteiger partial charge is 0.300 e.